The normalized spacial score (nSPS) is 14.5. The van der Waals surface area contributed by atoms with Gasteiger partial charge in [0.05, 0.1) is 5.71 Å². The van der Waals surface area contributed by atoms with Crippen LogP contribution in [0.15, 0.2) is 288 Å². The molecule has 0 spiro atoms. The maximum absolute atomic E-state index is 7.48. The number of nitrogens with zero attached hydrogens (tertiary/aromatic N) is 3. The number of benzene rings is 9. The molecule has 1 aliphatic carbocycles. The van der Waals surface area contributed by atoms with Crippen LogP contribution in [0.1, 0.15) is 69.3 Å². The van der Waals surface area contributed by atoms with Crippen LogP contribution in [-0.2, 0) is 68.0 Å². The van der Waals surface area contributed by atoms with E-state index in [1.165, 1.54) is 50.1 Å². The van der Waals surface area contributed by atoms with Gasteiger partial charge in [-0.15, -0.1) is 15.5 Å². The van der Waals surface area contributed by atoms with Crippen molar-refractivity contribution in [3.8, 4) is 0 Å². The van der Waals surface area contributed by atoms with E-state index in [0.29, 0.717) is 19.3 Å². The fourth-order valence-electron chi connectivity index (χ4n) is 11.1. The molecule has 0 unspecified atom stereocenters. The minimum absolute atomic E-state index is 0.422. The number of hydrogen-bond acceptors (Lipinski definition) is 6. The van der Waals surface area contributed by atoms with Crippen LogP contribution < -0.4 is 0 Å². The van der Waals surface area contributed by atoms with E-state index in [4.69, 9.17) is 29.0 Å². The van der Waals surface area contributed by atoms with Gasteiger partial charge in [-0.05, 0) is 56.5 Å². The summed E-state index contributed by atoms with van der Waals surface area (Å²) in [6, 6.07) is 104. The predicted molar refractivity (Wildman–Crippen MR) is 328 cm³/mol. The highest BCUT2D eigenvalue weighted by atomic mass is 28.4. The third-order valence-electron chi connectivity index (χ3n) is 14.7. The van der Waals surface area contributed by atoms with Crippen LogP contribution in [0.3, 0.4) is 0 Å². The molecule has 9 aromatic carbocycles. The van der Waals surface area contributed by atoms with Crippen LogP contribution in [0.5, 0.6) is 0 Å². The van der Waals surface area contributed by atoms with Gasteiger partial charge in [0.1, 0.15) is 11.4 Å². The number of rotatable bonds is 24. The first-order valence-corrected chi connectivity index (χ1v) is 35.1. The lowest BCUT2D eigenvalue weighted by Gasteiger charge is -2.32. The van der Waals surface area contributed by atoms with E-state index in [-0.39, 0.29) is 0 Å². The zero-order valence-electron chi connectivity index (χ0n) is 44.5. The van der Waals surface area contributed by atoms with Crippen LogP contribution in [0, 0.1) is 0 Å². The summed E-state index contributed by atoms with van der Waals surface area (Å²) in [6.45, 7) is 0. The molecule has 1 fully saturated rings. The fourth-order valence-corrected chi connectivity index (χ4v) is 22.5. The fraction of sp³-hybridized carbons (Fsp3) is 0.174. The Balaban J connectivity index is 1.08. The Morgan fingerprint density at radius 2 is 0.423 bits per heavy atom. The number of oxime groups is 3. The van der Waals surface area contributed by atoms with Crippen LogP contribution >= 0.6 is 0 Å². The summed E-state index contributed by atoms with van der Waals surface area (Å²) < 4.78 is 22.2. The molecule has 10 rings (SSSR count). The molecule has 0 saturated heterocycles. The van der Waals surface area contributed by atoms with E-state index in [9.17, 15) is 0 Å². The summed E-state index contributed by atoms with van der Waals surface area (Å²) >= 11 is 0. The molecule has 1 aliphatic rings. The Hall–Kier alpha value is -7.96. The molecular formula is C69H69N3O3Si3. The average molecular weight is 1070 g/mol. The van der Waals surface area contributed by atoms with Crippen molar-refractivity contribution in [2.45, 2.75) is 73.7 Å². The van der Waals surface area contributed by atoms with E-state index >= 15 is 0 Å². The van der Waals surface area contributed by atoms with Gasteiger partial charge in [-0.25, -0.2) is 0 Å². The number of hydrogen-bond donors (Lipinski definition) is 0. The van der Waals surface area contributed by atoms with E-state index in [1.807, 2.05) is 0 Å². The van der Waals surface area contributed by atoms with Gasteiger partial charge in [0.25, 0.3) is 25.0 Å². The molecule has 0 aromatic heterocycles. The molecule has 0 amide bonds. The molecule has 1 saturated carbocycles. The Bertz CT molecular complexity index is 3000. The highest BCUT2D eigenvalue weighted by Gasteiger charge is 2.43. The van der Waals surface area contributed by atoms with Gasteiger partial charge >= 0.3 is 0 Å². The van der Waals surface area contributed by atoms with Crippen molar-refractivity contribution >= 4 is 42.1 Å². The van der Waals surface area contributed by atoms with Crippen LogP contribution in [0.25, 0.3) is 0 Å². The molecule has 0 aliphatic heterocycles. The lowest BCUT2D eigenvalue weighted by atomic mass is 9.95. The molecule has 0 bridgehead atoms. The van der Waals surface area contributed by atoms with Crippen LogP contribution in [-0.4, -0.2) is 42.1 Å². The van der Waals surface area contributed by atoms with Gasteiger partial charge in [0, 0.05) is 67.2 Å². The third-order valence-corrected chi connectivity index (χ3v) is 25.7. The molecule has 0 heterocycles. The van der Waals surface area contributed by atoms with E-state index in [1.54, 1.807) is 0 Å². The SMILES string of the molecule is c1ccc(C[Si](Cc2ccccc2)(Cc2ccccc2)O/N=C2/CC/C(=N\O[Si](Cc3ccccc3)(Cc3ccccc3)Cc3ccccc3)C/C2=N/O[Si](Cc2ccccc2)(Cc2ccccc2)Cc2ccccc2)cc1. The zero-order valence-corrected chi connectivity index (χ0v) is 47.5. The highest BCUT2D eigenvalue weighted by Crippen LogP contribution is 2.30. The quantitative estimate of drug-likeness (QED) is 0.0447. The summed E-state index contributed by atoms with van der Waals surface area (Å²) in [4.78, 5) is 0. The predicted octanol–water partition coefficient (Wildman–Crippen LogP) is 15.2. The van der Waals surface area contributed by atoms with E-state index in [0.717, 1.165) is 71.5 Å². The smallest absolute Gasteiger partial charge is 0.300 e. The summed E-state index contributed by atoms with van der Waals surface area (Å²) in [7, 11) is -8.49. The minimum Gasteiger partial charge on any atom is -0.454 e. The Kier molecular flexibility index (Phi) is 18.4. The van der Waals surface area contributed by atoms with E-state index in [2.05, 4.69) is 273 Å². The molecule has 0 radical (unpaired) electrons. The molecule has 0 N–H and O–H groups in total. The van der Waals surface area contributed by atoms with Gasteiger partial charge in [-0.3, -0.25) is 0 Å². The molecular weight excluding hydrogens is 1000 g/mol. The first kappa shape index (κ1) is 53.4. The van der Waals surface area contributed by atoms with Crippen molar-refractivity contribution in [1.82, 2.24) is 0 Å². The second kappa shape index (κ2) is 26.9. The van der Waals surface area contributed by atoms with Crippen molar-refractivity contribution in [2.75, 3.05) is 0 Å². The van der Waals surface area contributed by atoms with Crippen molar-refractivity contribution in [3.63, 3.8) is 0 Å². The van der Waals surface area contributed by atoms with Crippen molar-refractivity contribution in [1.29, 1.82) is 0 Å². The van der Waals surface area contributed by atoms with Crippen molar-refractivity contribution in [2.24, 2.45) is 15.5 Å². The van der Waals surface area contributed by atoms with E-state index < -0.39 is 25.0 Å². The Labute approximate surface area is 465 Å². The second-order valence-corrected chi connectivity index (χ2v) is 32.0. The molecule has 9 aromatic rings. The zero-order chi connectivity index (χ0) is 53.0. The van der Waals surface area contributed by atoms with Gasteiger partial charge in [-0.2, -0.15) is 0 Å². The summed E-state index contributed by atoms with van der Waals surface area (Å²) in [5.41, 5.74) is 13.7. The second-order valence-electron chi connectivity index (χ2n) is 21.2. The third kappa shape index (κ3) is 15.6. The summed E-state index contributed by atoms with van der Waals surface area (Å²) in [6.07, 6.45) is 1.65. The van der Waals surface area contributed by atoms with Crippen molar-refractivity contribution in [3.05, 3.63) is 323 Å². The monoisotopic (exact) mass is 1070 g/mol. The maximum atomic E-state index is 7.48. The van der Waals surface area contributed by atoms with Crippen LogP contribution in [0.2, 0.25) is 0 Å². The topological polar surface area (TPSA) is 64.8 Å². The molecule has 9 heteroatoms. The summed E-state index contributed by atoms with van der Waals surface area (Å²) in [5, 5.41) is 16.1. The Morgan fingerprint density at radius 1 is 0.231 bits per heavy atom. The Morgan fingerprint density at radius 3 is 0.641 bits per heavy atom. The highest BCUT2D eigenvalue weighted by molar-refractivity contribution is 6.73. The summed E-state index contributed by atoms with van der Waals surface area (Å²) in [5.74, 6) is 0. The van der Waals surface area contributed by atoms with Gasteiger partial charge in [-0.1, -0.05) is 273 Å². The van der Waals surface area contributed by atoms with Gasteiger partial charge in [0.15, 0.2) is 0 Å². The average Bonchev–Trinajstić information content (AvgIpc) is 3.50. The standard InChI is InChI=1S/C69H69N3O3Si3/c1-10-28-58(29-11-1)49-76(50-59-30-12-2-13-31-59,51-60-32-14-3-15-33-60)73-70-67-46-47-68(71-74-77(52-61-34-16-4-17-35-61,53-62-36-18-5-19-37-62)54-63-38-20-6-21-39-63)69(48-67)72-75-78(55-64-40-22-7-23-41-64,56-65-42-24-8-25-43-65)57-66-44-26-9-27-45-66/h1-45H,46-57H2/b70-67+,71-68-,72-69-. The molecule has 78 heavy (non-hydrogen) atoms. The lowest BCUT2D eigenvalue weighted by Crippen LogP contribution is -2.47. The minimum atomic E-state index is -2.88. The van der Waals surface area contributed by atoms with Gasteiger partial charge < -0.3 is 13.6 Å². The van der Waals surface area contributed by atoms with Gasteiger partial charge in [0.2, 0.25) is 0 Å². The van der Waals surface area contributed by atoms with Crippen molar-refractivity contribution < 1.29 is 13.6 Å². The molecule has 6 nitrogen and oxygen atoms in total. The maximum Gasteiger partial charge on any atom is 0.300 e. The molecule has 390 valence electrons. The molecule has 0 atom stereocenters. The van der Waals surface area contributed by atoms with Crippen LogP contribution in [0.4, 0.5) is 0 Å². The first-order chi connectivity index (χ1) is 38.5. The lowest BCUT2D eigenvalue weighted by molar-refractivity contribution is 0.308. The first-order valence-electron chi connectivity index (χ1n) is 27.6. The largest absolute Gasteiger partial charge is 0.454 e.